The van der Waals surface area contributed by atoms with Crippen molar-refractivity contribution in [1.29, 1.82) is 0 Å². The molecule has 88 valence electrons. The molecule has 1 heterocycles. The summed E-state index contributed by atoms with van der Waals surface area (Å²) in [6.07, 6.45) is 1.43. The van der Waals surface area contributed by atoms with Gasteiger partial charge in [0.15, 0.2) is 0 Å². The third kappa shape index (κ3) is 2.11. The normalized spacial score (nSPS) is 25.5. The SMILES string of the molecule is CCC(N)C1(Cc2ccc(C)cc2F)CO1. The van der Waals surface area contributed by atoms with Crippen molar-refractivity contribution < 1.29 is 9.13 Å². The van der Waals surface area contributed by atoms with Gasteiger partial charge >= 0.3 is 0 Å². The van der Waals surface area contributed by atoms with Crippen molar-refractivity contribution in [2.75, 3.05) is 6.61 Å². The molecule has 16 heavy (non-hydrogen) atoms. The molecule has 1 aliphatic heterocycles. The number of nitrogens with two attached hydrogens (primary N) is 1. The Hall–Kier alpha value is -0.930. The first-order valence-electron chi connectivity index (χ1n) is 5.72. The smallest absolute Gasteiger partial charge is 0.126 e. The van der Waals surface area contributed by atoms with E-state index >= 15 is 0 Å². The predicted molar refractivity (Wildman–Crippen MR) is 61.8 cm³/mol. The lowest BCUT2D eigenvalue weighted by molar-refractivity contribution is 0.255. The van der Waals surface area contributed by atoms with Crippen LogP contribution in [0.4, 0.5) is 4.39 Å². The number of epoxide rings is 1. The second kappa shape index (κ2) is 4.15. The average molecular weight is 223 g/mol. The Labute approximate surface area is 95.6 Å². The summed E-state index contributed by atoms with van der Waals surface area (Å²) in [6.45, 7) is 4.56. The van der Waals surface area contributed by atoms with Gasteiger partial charge in [0.1, 0.15) is 11.4 Å². The van der Waals surface area contributed by atoms with Crippen LogP contribution in [0, 0.1) is 12.7 Å². The zero-order chi connectivity index (χ0) is 11.8. The fraction of sp³-hybridized carbons (Fsp3) is 0.538. The fourth-order valence-corrected chi connectivity index (χ4v) is 2.03. The van der Waals surface area contributed by atoms with Crippen LogP contribution in [0.15, 0.2) is 18.2 Å². The van der Waals surface area contributed by atoms with Crippen LogP contribution in [0.5, 0.6) is 0 Å². The van der Waals surface area contributed by atoms with Crippen LogP contribution in [0.3, 0.4) is 0 Å². The number of halogens is 1. The summed E-state index contributed by atoms with van der Waals surface area (Å²) >= 11 is 0. The number of aryl methyl sites for hydroxylation is 1. The van der Waals surface area contributed by atoms with Crippen LogP contribution >= 0.6 is 0 Å². The van der Waals surface area contributed by atoms with Gasteiger partial charge in [-0.3, -0.25) is 0 Å². The van der Waals surface area contributed by atoms with Gasteiger partial charge in [-0.1, -0.05) is 19.1 Å². The molecule has 2 atom stereocenters. The summed E-state index contributed by atoms with van der Waals surface area (Å²) in [5.41, 5.74) is 7.32. The van der Waals surface area contributed by atoms with Gasteiger partial charge in [-0.05, 0) is 30.5 Å². The molecular formula is C13H18FNO. The van der Waals surface area contributed by atoms with E-state index in [0.717, 1.165) is 12.0 Å². The fourth-order valence-electron chi connectivity index (χ4n) is 2.03. The Morgan fingerprint density at radius 3 is 2.75 bits per heavy atom. The van der Waals surface area contributed by atoms with Gasteiger partial charge in [0.25, 0.3) is 0 Å². The Morgan fingerprint density at radius 2 is 2.25 bits per heavy atom. The molecule has 0 radical (unpaired) electrons. The number of ether oxygens (including phenoxy) is 1. The maximum Gasteiger partial charge on any atom is 0.126 e. The molecule has 1 aliphatic rings. The lowest BCUT2D eigenvalue weighted by Gasteiger charge is -2.19. The predicted octanol–water partition coefficient (Wildman–Crippen LogP) is 2.18. The minimum absolute atomic E-state index is 0.00629. The molecule has 3 heteroatoms. The Kier molecular flexibility index (Phi) is 3.00. The Morgan fingerprint density at radius 1 is 1.56 bits per heavy atom. The lowest BCUT2D eigenvalue weighted by atomic mass is 9.91. The molecule has 2 N–H and O–H groups in total. The minimum atomic E-state index is -0.315. The summed E-state index contributed by atoms with van der Waals surface area (Å²) in [7, 11) is 0. The highest BCUT2D eigenvalue weighted by molar-refractivity contribution is 5.26. The third-order valence-electron chi connectivity index (χ3n) is 3.33. The highest BCUT2D eigenvalue weighted by Crippen LogP contribution is 2.35. The van der Waals surface area contributed by atoms with E-state index in [1.807, 2.05) is 26.0 Å². The molecule has 2 rings (SSSR count). The molecule has 0 bridgehead atoms. The number of hydrogen-bond acceptors (Lipinski definition) is 2. The van der Waals surface area contributed by atoms with Crippen molar-refractivity contribution in [3.63, 3.8) is 0 Å². The maximum absolute atomic E-state index is 13.7. The molecule has 0 saturated carbocycles. The van der Waals surface area contributed by atoms with E-state index in [0.29, 0.717) is 18.6 Å². The molecule has 0 aliphatic carbocycles. The monoisotopic (exact) mass is 223 g/mol. The van der Waals surface area contributed by atoms with Crippen LogP contribution in [0.25, 0.3) is 0 Å². The third-order valence-corrected chi connectivity index (χ3v) is 3.33. The summed E-state index contributed by atoms with van der Waals surface area (Å²) in [5.74, 6) is -0.154. The van der Waals surface area contributed by atoms with Gasteiger partial charge in [0.05, 0.1) is 6.61 Å². The van der Waals surface area contributed by atoms with Gasteiger partial charge in [0.2, 0.25) is 0 Å². The second-order valence-corrected chi connectivity index (χ2v) is 4.64. The van der Waals surface area contributed by atoms with E-state index in [4.69, 9.17) is 10.5 Å². The van der Waals surface area contributed by atoms with Gasteiger partial charge in [-0.2, -0.15) is 0 Å². The molecule has 1 saturated heterocycles. The van der Waals surface area contributed by atoms with E-state index in [2.05, 4.69) is 0 Å². The molecule has 1 fully saturated rings. The summed E-state index contributed by atoms with van der Waals surface area (Å²) < 4.78 is 19.1. The molecule has 2 unspecified atom stereocenters. The van der Waals surface area contributed by atoms with Crippen molar-refractivity contribution in [3.8, 4) is 0 Å². The van der Waals surface area contributed by atoms with Gasteiger partial charge in [0, 0.05) is 12.5 Å². The molecule has 0 amide bonds. The maximum atomic E-state index is 13.7. The Balaban J connectivity index is 2.15. The van der Waals surface area contributed by atoms with E-state index in [-0.39, 0.29) is 17.5 Å². The van der Waals surface area contributed by atoms with Crippen LogP contribution in [-0.2, 0) is 11.2 Å². The van der Waals surface area contributed by atoms with Crippen LogP contribution in [0.2, 0.25) is 0 Å². The number of benzene rings is 1. The quantitative estimate of drug-likeness (QED) is 0.794. The van der Waals surface area contributed by atoms with E-state index < -0.39 is 0 Å². The molecule has 0 spiro atoms. The van der Waals surface area contributed by atoms with E-state index in [9.17, 15) is 4.39 Å². The standard InChI is InChI=1S/C13H18FNO/c1-3-12(15)13(8-16-13)7-10-5-4-9(2)6-11(10)14/h4-6,12H,3,7-8,15H2,1-2H3. The highest BCUT2D eigenvalue weighted by Gasteiger charge is 2.49. The van der Waals surface area contributed by atoms with Crippen molar-refractivity contribution in [2.45, 2.75) is 38.3 Å². The number of hydrogen-bond donors (Lipinski definition) is 1. The summed E-state index contributed by atoms with van der Waals surface area (Å²) in [6, 6.07) is 5.30. The average Bonchev–Trinajstić information content (AvgIpc) is 3.02. The second-order valence-electron chi connectivity index (χ2n) is 4.64. The van der Waals surface area contributed by atoms with Crippen LogP contribution < -0.4 is 5.73 Å². The molecule has 1 aromatic rings. The van der Waals surface area contributed by atoms with E-state index in [1.54, 1.807) is 6.07 Å². The largest absolute Gasteiger partial charge is 0.368 e. The zero-order valence-electron chi connectivity index (χ0n) is 9.79. The van der Waals surface area contributed by atoms with Gasteiger partial charge < -0.3 is 10.5 Å². The molecule has 0 aromatic heterocycles. The molecule has 1 aromatic carbocycles. The first kappa shape index (κ1) is 11.6. The van der Waals surface area contributed by atoms with Crippen molar-refractivity contribution >= 4 is 0 Å². The highest BCUT2D eigenvalue weighted by atomic mass is 19.1. The molecular weight excluding hydrogens is 205 g/mol. The van der Waals surface area contributed by atoms with Crippen molar-refractivity contribution in [2.24, 2.45) is 5.73 Å². The van der Waals surface area contributed by atoms with Gasteiger partial charge in [-0.25, -0.2) is 4.39 Å². The van der Waals surface area contributed by atoms with Crippen LogP contribution in [0.1, 0.15) is 24.5 Å². The van der Waals surface area contributed by atoms with Crippen LogP contribution in [-0.4, -0.2) is 18.2 Å². The first-order valence-corrected chi connectivity index (χ1v) is 5.72. The van der Waals surface area contributed by atoms with Gasteiger partial charge in [-0.15, -0.1) is 0 Å². The minimum Gasteiger partial charge on any atom is -0.368 e. The van der Waals surface area contributed by atoms with Crippen molar-refractivity contribution in [1.82, 2.24) is 0 Å². The Bertz CT molecular complexity index is 388. The van der Waals surface area contributed by atoms with Crippen molar-refractivity contribution in [3.05, 3.63) is 35.1 Å². The zero-order valence-corrected chi connectivity index (χ0v) is 9.79. The van der Waals surface area contributed by atoms with E-state index in [1.165, 1.54) is 0 Å². The molecule has 2 nitrogen and oxygen atoms in total. The topological polar surface area (TPSA) is 38.5 Å². The summed E-state index contributed by atoms with van der Waals surface area (Å²) in [4.78, 5) is 0. The first-order chi connectivity index (χ1) is 7.57. The number of rotatable bonds is 4. The lowest BCUT2D eigenvalue weighted by Crippen LogP contribution is -2.39. The summed E-state index contributed by atoms with van der Waals surface area (Å²) in [5, 5.41) is 0.